The molecule has 0 aliphatic carbocycles. The lowest BCUT2D eigenvalue weighted by molar-refractivity contribution is -0.146. The monoisotopic (exact) mass is 395 g/mol. The van der Waals surface area contributed by atoms with Crippen molar-refractivity contribution >= 4 is 23.3 Å². The molecule has 0 bridgehead atoms. The first kappa shape index (κ1) is 20.4. The Balaban J connectivity index is 1.55. The van der Waals surface area contributed by atoms with Gasteiger partial charge in [-0.3, -0.25) is 9.59 Å². The lowest BCUT2D eigenvalue weighted by atomic mass is 9.99. The second kappa shape index (κ2) is 8.81. The third-order valence-corrected chi connectivity index (χ3v) is 5.05. The van der Waals surface area contributed by atoms with Crippen molar-refractivity contribution in [2.75, 3.05) is 11.9 Å². The lowest BCUT2D eigenvalue weighted by Gasteiger charge is -2.11. The van der Waals surface area contributed by atoms with Crippen molar-refractivity contribution in [2.24, 2.45) is 0 Å². The normalized spacial score (nSPS) is 12.0. The molecule has 8 nitrogen and oxygen atoms in total. The van der Waals surface area contributed by atoms with Crippen molar-refractivity contribution in [3.63, 3.8) is 0 Å². The molecule has 0 fully saturated rings. The molecule has 2 heterocycles. The summed E-state index contributed by atoms with van der Waals surface area (Å²) in [6, 6.07) is 7.70. The Kier molecular flexibility index (Phi) is 6.21. The number of nitrogens with one attached hydrogen (secondary N) is 1. The molecule has 0 spiro atoms. The minimum Gasteiger partial charge on any atom is -0.455 e. The first-order valence-corrected chi connectivity index (χ1v) is 9.60. The predicted octanol–water partition coefficient (Wildman–Crippen LogP) is 2.98. The van der Waals surface area contributed by atoms with Crippen LogP contribution >= 0.6 is 0 Å². The highest BCUT2D eigenvalue weighted by Gasteiger charge is 2.16. The number of aryl methyl sites for hydroxylation is 2. The van der Waals surface area contributed by atoms with Crippen molar-refractivity contribution in [2.45, 2.75) is 46.5 Å². The molecule has 1 aromatic carbocycles. The SMILES string of the molecule is CC[C@H](C)c1ccc(NC(=O)COC(=O)Cc2c(C)nc3ncnn3c2C)cc1. The molecule has 0 unspecified atom stereocenters. The summed E-state index contributed by atoms with van der Waals surface area (Å²) >= 11 is 0. The number of fused-ring (bicyclic) bond motifs is 1. The van der Waals surface area contributed by atoms with Gasteiger partial charge in [-0.05, 0) is 43.9 Å². The average molecular weight is 395 g/mol. The first-order chi connectivity index (χ1) is 13.9. The van der Waals surface area contributed by atoms with Crippen molar-refractivity contribution < 1.29 is 14.3 Å². The summed E-state index contributed by atoms with van der Waals surface area (Å²) < 4.78 is 6.71. The highest BCUT2D eigenvalue weighted by molar-refractivity contribution is 5.92. The van der Waals surface area contributed by atoms with Crippen molar-refractivity contribution in [3.8, 4) is 0 Å². The summed E-state index contributed by atoms with van der Waals surface area (Å²) in [6.45, 7) is 7.60. The maximum Gasteiger partial charge on any atom is 0.310 e. The van der Waals surface area contributed by atoms with Gasteiger partial charge in [-0.15, -0.1) is 0 Å². The molecular formula is C21H25N5O3. The van der Waals surface area contributed by atoms with Crippen LogP contribution in [0.5, 0.6) is 0 Å². The fraction of sp³-hybridized carbons (Fsp3) is 0.381. The summed E-state index contributed by atoms with van der Waals surface area (Å²) in [5, 5.41) is 6.84. The fourth-order valence-corrected chi connectivity index (χ4v) is 3.08. The predicted molar refractivity (Wildman–Crippen MR) is 109 cm³/mol. The van der Waals surface area contributed by atoms with Gasteiger partial charge in [0.1, 0.15) is 6.33 Å². The maximum atomic E-state index is 12.2. The molecule has 0 radical (unpaired) electrons. The van der Waals surface area contributed by atoms with Crippen LogP contribution in [-0.2, 0) is 20.7 Å². The van der Waals surface area contributed by atoms with Gasteiger partial charge in [0.15, 0.2) is 6.61 Å². The van der Waals surface area contributed by atoms with Crippen molar-refractivity contribution in [1.29, 1.82) is 0 Å². The zero-order valence-corrected chi connectivity index (χ0v) is 17.1. The third kappa shape index (κ3) is 4.77. The van der Waals surface area contributed by atoms with Gasteiger partial charge >= 0.3 is 5.97 Å². The Labute approximate surface area is 169 Å². The Hall–Kier alpha value is -3.29. The van der Waals surface area contributed by atoms with E-state index in [1.165, 1.54) is 11.9 Å². The van der Waals surface area contributed by atoms with E-state index >= 15 is 0 Å². The Morgan fingerprint density at radius 3 is 2.62 bits per heavy atom. The number of nitrogens with zero attached hydrogens (tertiary/aromatic N) is 4. The molecule has 3 aromatic rings. The van der Waals surface area contributed by atoms with Crippen LogP contribution < -0.4 is 5.32 Å². The van der Waals surface area contributed by atoms with E-state index in [1.54, 1.807) is 11.4 Å². The number of carbonyl (C=O) groups excluding carboxylic acids is 2. The number of hydrogen-bond acceptors (Lipinski definition) is 6. The highest BCUT2D eigenvalue weighted by Crippen LogP contribution is 2.20. The van der Waals surface area contributed by atoms with Gasteiger partial charge in [0.2, 0.25) is 0 Å². The van der Waals surface area contributed by atoms with Crippen LogP contribution in [0.25, 0.3) is 5.78 Å². The number of aromatic nitrogens is 4. The topological polar surface area (TPSA) is 98.5 Å². The standard InChI is InChI=1S/C21H25N5O3/c1-5-13(2)16-6-8-17(9-7-16)25-19(27)11-29-20(28)10-18-14(3)24-21-22-12-23-26(21)15(18)4/h6-9,12-13H,5,10-11H2,1-4H3,(H,25,27)/t13-/m0/s1. The molecule has 3 rings (SSSR count). The number of carbonyl (C=O) groups is 2. The van der Waals surface area contributed by atoms with E-state index in [2.05, 4.69) is 34.2 Å². The molecule has 152 valence electrons. The van der Waals surface area contributed by atoms with Crippen LogP contribution in [0.3, 0.4) is 0 Å². The molecule has 29 heavy (non-hydrogen) atoms. The Morgan fingerprint density at radius 2 is 1.93 bits per heavy atom. The largest absolute Gasteiger partial charge is 0.455 e. The van der Waals surface area contributed by atoms with Crippen LogP contribution in [0.1, 0.15) is 48.7 Å². The Bertz CT molecular complexity index is 1030. The molecule has 1 amide bonds. The minimum absolute atomic E-state index is 0.0113. The number of hydrogen-bond donors (Lipinski definition) is 1. The molecule has 0 aliphatic rings. The number of ether oxygens (including phenoxy) is 1. The van der Waals surface area contributed by atoms with Gasteiger partial charge < -0.3 is 10.1 Å². The van der Waals surface area contributed by atoms with Gasteiger partial charge in [-0.25, -0.2) is 9.50 Å². The number of amides is 1. The summed E-state index contributed by atoms with van der Waals surface area (Å²) in [7, 11) is 0. The number of esters is 1. The van der Waals surface area contributed by atoms with Crippen LogP contribution in [-0.4, -0.2) is 38.1 Å². The van der Waals surface area contributed by atoms with Gasteiger partial charge in [-0.1, -0.05) is 26.0 Å². The quantitative estimate of drug-likeness (QED) is 0.618. The first-order valence-electron chi connectivity index (χ1n) is 9.60. The van der Waals surface area contributed by atoms with E-state index in [0.717, 1.165) is 12.1 Å². The van der Waals surface area contributed by atoms with E-state index in [4.69, 9.17) is 4.74 Å². The summed E-state index contributed by atoms with van der Waals surface area (Å²) in [5.41, 5.74) is 4.07. The van der Waals surface area contributed by atoms with Gasteiger partial charge in [-0.2, -0.15) is 10.1 Å². The number of anilines is 1. The molecule has 2 aromatic heterocycles. The van der Waals surface area contributed by atoms with Gasteiger partial charge in [0.05, 0.1) is 6.42 Å². The molecule has 0 aliphatic heterocycles. The second-order valence-electron chi connectivity index (χ2n) is 7.05. The molecule has 8 heteroatoms. The Morgan fingerprint density at radius 1 is 1.21 bits per heavy atom. The molecule has 0 saturated carbocycles. The van der Waals surface area contributed by atoms with Crippen LogP contribution in [0.4, 0.5) is 5.69 Å². The highest BCUT2D eigenvalue weighted by atomic mass is 16.5. The second-order valence-corrected chi connectivity index (χ2v) is 7.05. The molecule has 1 atom stereocenters. The van der Waals surface area contributed by atoms with E-state index in [0.29, 0.717) is 28.6 Å². The van der Waals surface area contributed by atoms with Crippen LogP contribution in [0.2, 0.25) is 0 Å². The van der Waals surface area contributed by atoms with E-state index in [9.17, 15) is 9.59 Å². The van der Waals surface area contributed by atoms with Crippen LogP contribution in [0, 0.1) is 13.8 Å². The zero-order valence-electron chi connectivity index (χ0n) is 17.1. The van der Waals surface area contributed by atoms with Crippen molar-refractivity contribution in [3.05, 3.63) is 53.1 Å². The summed E-state index contributed by atoms with van der Waals surface area (Å²) in [6.07, 6.45) is 2.48. The average Bonchev–Trinajstić information content (AvgIpc) is 3.18. The maximum absolute atomic E-state index is 12.2. The fourth-order valence-electron chi connectivity index (χ4n) is 3.08. The number of benzene rings is 1. The van der Waals surface area contributed by atoms with E-state index in [-0.39, 0.29) is 18.9 Å². The zero-order chi connectivity index (χ0) is 21.0. The van der Waals surface area contributed by atoms with E-state index < -0.39 is 5.97 Å². The lowest BCUT2D eigenvalue weighted by Crippen LogP contribution is -2.22. The van der Waals surface area contributed by atoms with Gasteiger partial charge in [0, 0.05) is 22.6 Å². The van der Waals surface area contributed by atoms with Gasteiger partial charge in [0.25, 0.3) is 11.7 Å². The molecule has 1 N–H and O–H groups in total. The summed E-state index contributed by atoms with van der Waals surface area (Å²) in [5.74, 6) is 0.0716. The summed E-state index contributed by atoms with van der Waals surface area (Å²) in [4.78, 5) is 32.7. The number of rotatable bonds is 7. The molecule has 0 saturated heterocycles. The van der Waals surface area contributed by atoms with E-state index in [1.807, 2.05) is 31.2 Å². The van der Waals surface area contributed by atoms with Crippen LogP contribution in [0.15, 0.2) is 30.6 Å². The van der Waals surface area contributed by atoms with Crippen molar-refractivity contribution in [1.82, 2.24) is 19.6 Å². The third-order valence-electron chi connectivity index (χ3n) is 5.05. The smallest absolute Gasteiger partial charge is 0.310 e. The minimum atomic E-state index is -0.500. The molecular weight excluding hydrogens is 370 g/mol.